The minimum absolute atomic E-state index is 0.0392. The van der Waals surface area contributed by atoms with E-state index in [4.69, 9.17) is 9.72 Å². The average molecular weight is 445 g/mol. The largest absolute Gasteiger partial charge is 0.497 e. The molecule has 1 fully saturated rings. The second-order valence-corrected chi connectivity index (χ2v) is 9.85. The fourth-order valence-electron chi connectivity index (χ4n) is 3.85. The van der Waals surface area contributed by atoms with Crippen molar-refractivity contribution >= 4 is 28.1 Å². The van der Waals surface area contributed by atoms with Crippen molar-refractivity contribution in [3.63, 3.8) is 0 Å². The quantitative estimate of drug-likeness (QED) is 0.628. The number of thiazole rings is 1. The first kappa shape index (κ1) is 23.5. The predicted molar refractivity (Wildman–Crippen MR) is 129 cm³/mol. The number of hydrogen-bond donors (Lipinski definition) is 0. The van der Waals surface area contributed by atoms with Crippen LogP contribution >= 0.6 is 11.3 Å². The highest BCUT2D eigenvalue weighted by molar-refractivity contribution is 7.13. The number of anilines is 2. The van der Waals surface area contributed by atoms with E-state index >= 15 is 0 Å². The Hall–Kier alpha value is -2.12. The zero-order valence-corrected chi connectivity index (χ0v) is 20.5. The molecule has 0 radical (unpaired) electrons. The van der Waals surface area contributed by atoms with Gasteiger partial charge in [-0.25, -0.2) is 4.98 Å². The molecule has 1 amide bonds. The molecule has 1 saturated heterocycles. The molecule has 1 unspecified atom stereocenters. The van der Waals surface area contributed by atoms with Gasteiger partial charge in [-0.2, -0.15) is 0 Å². The van der Waals surface area contributed by atoms with Crippen LogP contribution < -0.4 is 9.64 Å². The van der Waals surface area contributed by atoms with E-state index in [1.165, 1.54) is 0 Å². The summed E-state index contributed by atoms with van der Waals surface area (Å²) in [6, 6.07) is 7.63. The van der Waals surface area contributed by atoms with Gasteiger partial charge < -0.3 is 19.4 Å². The maximum Gasteiger partial charge on any atom is 0.245 e. The van der Waals surface area contributed by atoms with Crippen molar-refractivity contribution in [2.75, 3.05) is 44.7 Å². The second kappa shape index (κ2) is 10.0. The van der Waals surface area contributed by atoms with Gasteiger partial charge in [-0.15, -0.1) is 11.3 Å². The van der Waals surface area contributed by atoms with Crippen molar-refractivity contribution in [1.82, 2.24) is 14.8 Å². The maximum absolute atomic E-state index is 13.7. The third-order valence-electron chi connectivity index (χ3n) is 5.93. The first-order valence-corrected chi connectivity index (χ1v) is 12.1. The van der Waals surface area contributed by atoms with Crippen LogP contribution in [0.4, 0.5) is 10.8 Å². The lowest BCUT2D eigenvalue weighted by Gasteiger charge is -2.38. The number of ether oxygens (including phenoxy) is 1. The number of aromatic nitrogens is 1. The molecule has 1 aliphatic heterocycles. The molecule has 7 heteroatoms. The normalized spacial score (nSPS) is 16.3. The first-order valence-electron chi connectivity index (χ1n) is 11.2. The minimum Gasteiger partial charge on any atom is -0.497 e. The molecule has 1 aliphatic rings. The molecule has 0 saturated carbocycles. The molecule has 1 atom stereocenters. The van der Waals surface area contributed by atoms with Crippen LogP contribution in [0.2, 0.25) is 0 Å². The van der Waals surface area contributed by atoms with Gasteiger partial charge in [0, 0.05) is 42.7 Å². The molecule has 0 spiro atoms. The Morgan fingerprint density at radius 3 is 2.29 bits per heavy atom. The Morgan fingerprint density at radius 2 is 1.81 bits per heavy atom. The number of nitrogens with zero attached hydrogens (tertiary/aromatic N) is 4. The number of piperazine rings is 1. The van der Waals surface area contributed by atoms with Gasteiger partial charge in [0.1, 0.15) is 11.8 Å². The summed E-state index contributed by atoms with van der Waals surface area (Å²) in [5, 5.41) is 2.98. The number of carbonyl (C=O) groups excluding carboxylic acids is 1. The fraction of sp³-hybridized carbons (Fsp3) is 0.583. The van der Waals surface area contributed by atoms with Crippen molar-refractivity contribution < 1.29 is 9.53 Å². The molecule has 0 aliphatic carbocycles. The highest BCUT2D eigenvalue weighted by Crippen LogP contribution is 2.36. The Morgan fingerprint density at radius 1 is 1.16 bits per heavy atom. The van der Waals surface area contributed by atoms with E-state index < -0.39 is 0 Å². The van der Waals surface area contributed by atoms with Gasteiger partial charge in [0.2, 0.25) is 5.91 Å². The lowest BCUT2D eigenvalue weighted by Crippen LogP contribution is -2.54. The molecular formula is C24H36N4O2S. The van der Waals surface area contributed by atoms with E-state index in [2.05, 4.69) is 49.8 Å². The molecule has 1 aromatic carbocycles. The zero-order chi connectivity index (χ0) is 22.6. The summed E-state index contributed by atoms with van der Waals surface area (Å²) in [6.07, 6.45) is 0.712. The summed E-state index contributed by atoms with van der Waals surface area (Å²) >= 11 is 1.61. The lowest BCUT2D eigenvalue weighted by molar-refractivity contribution is -0.134. The van der Waals surface area contributed by atoms with Gasteiger partial charge in [0.05, 0.1) is 12.8 Å². The summed E-state index contributed by atoms with van der Waals surface area (Å²) in [6.45, 7) is 15.2. The summed E-state index contributed by atoms with van der Waals surface area (Å²) in [5.74, 6) is 0.981. The average Bonchev–Trinajstić information content (AvgIpc) is 3.27. The maximum atomic E-state index is 13.7. The van der Waals surface area contributed by atoms with Crippen LogP contribution in [0.15, 0.2) is 29.6 Å². The summed E-state index contributed by atoms with van der Waals surface area (Å²) in [5.41, 5.74) is 1.97. The van der Waals surface area contributed by atoms with Gasteiger partial charge in [0.15, 0.2) is 5.13 Å². The fourth-order valence-corrected chi connectivity index (χ4v) is 4.97. The third-order valence-corrected chi connectivity index (χ3v) is 6.77. The van der Waals surface area contributed by atoms with Crippen LogP contribution in [0.5, 0.6) is 5.75 Å². The standard InChI is InChI=1S/C24H36N4O2S/c1-7-20(22(29)27-15-13-26(8-2)14-16-27)28(18-9-11-19(30-6)12-10-18)23-25-21(17-31-23)24(3,4)5/h9-12,17,20H,7-8,13-16H2,1-6H3. The number of rotatable bonds is 7. The molecule has 0 N–H and O–H groups in total. The van der Waals surface area contributed by atoms with Crippen LogP contribution in [0.1, 0.15) is 46.7 Å². The molecule has 31 heavy (non-hydrogen) atoms. The van der Waals surface area contributed by atoms with Crippen molar-refractivity contribution in [2.24, 2.45) is 0 Å². The smallest absolute Gasteiger partial charge is 0.245 e. The highest BCUT2D eigenvalue weighted by atomic mass is 32.1. The zero-order valence-electron chi connectivity index (χ0n) is 19.7. The molecule has 0 bridgehead atoms. The Labute approximate surface area is 190 Å². The van der Waals surface area contributed by atoms with Gasteiger partial charge >= 0.3 is 0 Å². The number of likely N-dealkylation sites (N-methyl/N-ethyl adjacent to an activating group) is 1. The molecule has 2 aromatic rings. The van der Waals surface area contributed by atoms with Gasteiger partial charge in [-0.05, 0) is 37.2 Å². The lowest BCUT2D eigenvalue weighted by atomic mass is 9.93. The summed E-state index contributed by atoms with van der Waals surface area (Å²) in [4.78, 5) is 25.1. The minimum atomic E-state index is -0.291. The van der Waals surface area contributed by atoms with Crippen LogP contribution in [0.25, 0.3) is 0 Å². The predicted octanol–water partition coefficient (Wildman–Crippen LogP) is 4.53. The van der Waals surface area contributed by atoms with E-state index in [0.717, 1.165) is 55.0 Å². The van der Waals surface area contributed by atoms with E-state index in [1.807, 2.05) is 29.2 Å². The molecule has 6 nitrogen and oxygen atoms in total. The summed E-state index contributed by atoms with van der Waals surface area (Å²) < 4.78 is 5.34. The highest BCUT2D eigenvalue weighted by Gasteiger charge is 2.33. The Kier molecular flexibility index (Phi) is 7.59. The number of methoxy groups -OCH3 is 1. The molecule has 2 heterocycles. The molecular weight excluding hydrogens is 408 g/mol. The number of amides is 1. The van der Waals surface area contributed by atoms with Gasteiger partial charge in [0.25, 0.3) is 0 Å². The number of hydrogen-bond acceptors (Lipinski definition) is 6. The van der Waals surface area contributed by atoms with Crippen LogP contribution in [0, 0.1) is 0 Å². The van der Waals surface area contributed by atoms with E-state index in [0.29, 0.717) is 6.42 Å². The Bertz CT molecular complexity index is 851. The monoisotopic (exact) mass is 444 g/mol. The van der Waals surface area contributed by atoms with E-state index in [9.17, 15) is 4.79 Å². The van der Waals surface area contributed by atoms with Crippen LogP contribution in [-0.2, 0) is 10.2 Å². The van der Waals surface area contributed by atoms with Gasteiger partial charge in [-0.1, -0.05) is 34.6 Å². The van der Waals surface area contributed by atoms with Crippen LogP contribution in [0.3, 0.4) is 0 Å². The second-order valence-electron chi connectivity index (χ2n) is 9.02. The van der Waals surface area contributed by atoms with E-state index in [1.54, 1.807) is 18.4 Å². The van der Waals surface area contributed by atoms with Crippen molar-refractivity contribution in [3.05, 3.63) is 35.3 Å². The van der Waals surface area contributed by atoms with Crippen molar-refractivity contribution in [1.29, 1.82) is 0 Å². The SMILES string of the molecule is CCC(C(=O)N1CCN(CC)CC1)N(c1ccc(OC)cc1)c1nc(C(C)(C)C)cs1. The molecule has 3 rings (SSSR count). The van der Waals surface area contributed by atoms with Gasteiger partial charge in [-0.3, -0.25) is 4.79 Å². The topological polar surface area (TPSA) is 48.9 Å². The first-order chi connectivity index (χ1) is 14.8. The number of carbonyl (C=O) groups is 1. The molecule has 1 aromatic heterocycles. The van der Waals surface area contributed by atoms with E-state index in [-0.39, 0.29) is 17.4 Å². The summed E-state index contributed by atoms with van der Waals surface area (Å²) in [7, 11) is 1.66. The van der Waals surface area contributed by atoms with Crippen molar-refractivity contribution in [2.45, 2.75) is 52.5 Å². The van der Waals surface area contributed by atoms with Crippen molar-refractivity contribution in [3.8, 4) is 5.75 Å². The third kappa shape index (κ3) is 5.39. The Balaban J connectivity index is 1.95. The number of benzene rings is 1. The molecule has 170 valence electrons. The van der Waals surface area contributed by atoms with Crippen LogP contribution in [-0.4, -0.2) is 66.6 Å².